The molecule has 0 unspecified atom stereocenters. The van der Waals surface area contributed by atoms with E-state index in [0.29, 0.717) is 11.8 Å². The predicted octanol–water partition coefficient (Wildman–Crippen LogP) is 1.71. The minimum absolute atomic E-state index is 0.201. The van der Waals surface area contributed by atoms with Crippen LogP contribution in [0.15, 0.2) is 0 Å². The van der Waals surface area contributed by atoms with Gasteiger partial charge in [0.25, 0.3) is 0 Å². The zero-order chi connectivity index (χ0) is 9.47. The topological polar surface area (TPSA) is 35.5 Å². The molecule has 1 heterocycles. The van der Waals surface area contributed by atoms with Gasteiger partial charge in [-0.3, -0.25) is 0 Å². The molecule has 2 aliphatic rings. The van der Waals surface area contributed by atoms with E-state index in [1.165, 1.54) is 0 Å². The Labute approximate surface area is 78.3 Å². The maximum absolute atomic E-state index is 10.9. The number of carbonyl (C=O) groups excluding carboxylic acids is 1. The van der Waals surface area contributed by atoms with Crippen LogP contribution in [0.5, 0.6) is 0 Å². The summed E-state index contributed by atoms with van der Waals surface area (Å²) in [5.74, 6) is 0.910. The third-order valence-corrected chi connectivity index (χ3v) is 3.52. The SMILES string of the molecule is C[C@@H]1CC[C@H]2C[C@@H]1OO[C@@]2(C)C=O. The van der Waals surface area contributed by atoms with Gasteiger partial charge >= 0.3 is 0 Å². The van der Waals surface area contributed by atoms with Crippen molar-refractivity contribution in [3.63, 3.8) is 0 Å². The molecular formula is C10H16O3. The lowest BCUT2D eigenvalue weighted by Gasteiger charge is -2.45. The number of aldehydes is 1. The van der Waals surface area contributed by atoms with Crippen LogP contribution in [-0.4, -0.2) is 18.0 Å². The van der Waals surface area contributed by atoms with Gasteiger partial charge in [0.1, 0.15) is 0 Å². The van der Waals surface area contributed by atoms with Gasteiger partial charge in [0.05, 0.1) is 6.10 Å². The number of hydrogen-bond donors (Lipinski definition) is 0. The van der Waals surface area contributed by atoms with Crippen molar-refractivity contribution in [2.24, 2.45) is 11.8 Å². The van der Waals surface area contributed by atoms with Crippen LogP contribution in [0.2, 0.25) is 0 Å². The first-order valence-corrected chi connectivity index (χ1v) is 4.96. The summed E-state index contributed by atoms with van der Waals surface area (Å²) in [6.45, 7) is 3.99. The molecule has 1 saturated heterocycles. The van der Waals surface area contributed by atoms with Gasteiger partial charge in [-0.25, -0.2) is 9.78 Å². The molecule has 2 rings (SSSR count). The number of fused-ring (bicyclic) bond motifs is 2. The average molecular weight is 184 g/mol. The van der Waals surface area contributed by atoms with Gasteiger partial charge in [0.15, 0.2) is 11.9 Å². The second-order valence-corrected chi connectivity index (χ2v) is 4.51. The molecule has 3 nitrogen and oxygen atoms in total. The molecule has 74 valence electrons. The van der Waals surface area contributed by atoms with E-state index in [1.807, 2.05) is 6.92 Å². The molecule has 2 fully saturated rings. The zero-order valence-corrected chi connectivity index (χ0v) is 8.16. The summed E-state index contributed by atoms with van der Waals surface area (Å²) in [5, 5.41) is 0. The maximum atomic E-state index is 10.9. The van der Waals surface area contributed by atoms with Crippen molar-refractivity contribution in [3.05, 3.63) is 0 Å². The summed E-state index contributed by atoms with van der Waals surface area (Å²) in [5.41, 5.74) is -0.698. The van der Waals surface area contributed by atoms with E-state index in [-0.39, 0.29) is 6.10 Å². The van der Waals surface area contributed by atoms with Gasteiger partial charge in [0, 0.05) is 5.92 Å². The van der Waals surface area contributed by atoms with Crippen LogP contribution >= 0.6 is 0 Å². The van der Waals surface area contributed by atoms with Crippen molar-refractivity contribution in [1.82, 2.24) is 0 Å². The van der Waals surface area contributed by atoms with E-state index in [0.717, 1.165) is 25.5 Å². The molecule has 1 aliphatic carbocycles. The van der Waals surface area contributed by atoms with E-state index < -0.39 is 5.60 Å². The summed E-state index contributed by atoms with van der Waals surface area (Å²) in [7, 11) is 0. The Kier molecular flexibility index (Phi) is 2.16. The average Bonchev–Trinajstić information content (AvgIpc) is 2.16. The maximum Gasteiger partial charge on any atom is 0.158 e. The molecule has 0 aromatic carbocycles. The summed E-state index contributed by atoms with van der Waals surface area (Å²) < 4.78 is 0. The molecule has 0 amide bonds. The van der Waals surface area contributed by atoms with E-state index >= 15 is 0 Å². The Balaban J connectivity index is 2.13. The van der Waals surface area contributed by atoms with Crippen LogP contribution in [0.4, 0.5) is 0 Å². The molecule has 4 atom stereocenters. The predicted molar refractivity (Wildman–Crippen MR) is 46.9 cm³/mol. The largest absolute Gasteiger partial charge is 0.300 e. The second kappa shape index (κ2) is 3.07. The Hall–Kier alpha value is -0.410. The highest BCUT2D eigenvalue weighted by atomic mass is 17.2. The van der Waals surface area contributed by atoms with E-state index in [9.17, 15) is 4.79 Å². The monoisotopic (exact) mass is 184 g/mol. The summed E-state index contributed by atoms with van der Waals surface area (Å²) in [4.78, 5) is 21.3. The van der Waals surface area contributed by atoms with Crippen molar-refractivity contribution in [3.8, 4) is 0 Å². The smallest absolute Gasteiger partial charge is 0.158 e. The second-order valence-electron chi connectivity index (χ2n) is 4.51. The fraction of sp³-hybridized carbons (Fsp3) is 0.900. The molecule has 0 spiro atoms. The molecule has 0 radical (unpaired) electrons. The van der Waals surface area contributed by atoms with E-state index in [1.54, 1.807) is 0 Å². The molecule has 3 heteroatoms. The summed E-state index contributed by atoms with van der Waals surface area (Å²) in [6, 6.07) is 0. The Morgan fingerprint density at radius 1 is 1.46 bits per heavy atom. The molecule has 13 heavy (non-hydrogen) atoms. The lowest BCUT2D eigenvalue weighted by molar-refractivity contribution is -0.418. The highest BCUT2D eigenvalue weighted by Gasteiger charge is 2.46. The van der Waals surface area contributed by atoms with Crippen LogP contribution < -0.4 is 0 Å². The lowest BCUT2D eigenvalue weighted by Crippen LogP contribution is -2.50. The number of rotatable bonds is 1. The van der Waals surface area contributed by atoms with Gasteiger partial charge in [-0.15, -0.1) is 0 Å². The fourth-order valence-electron chi connectivity index (χ4n) is 2.28. The van der Waals surface area contributed by atoms with Crippen LogP contribution in [0.3, 0.4) is 0 Å². The molecule has 1 aliphatic heterocycles. The third-order valence-electron chi connectivity index (χ3n) is 3.52. The highest BCUT2D eigenvalue weighted by Crippen LogP contribution is 2.42. The van der Waals surface area contributed by atoms with Gasteiger partial charge in [-0.1, -0.05) is 6.92 Å². The lowest BCUT2D eigenvalue weighted by atomic mass is 9.73. The quantitative estimate of drug-likeness (QED) is 0.459. The Morgan fingerprint density at radius 2 is 2.23 bits per heavy atom. The van der Waals surface area contributed by atoms with Crippen molar-refractivity contribution < 1.29 is 14.6 Å². The van der Waals surface area contributed by atoms with E-state index in [4.69, 9.17) is 9.78 Å². The molecule has 1 saturated carbocycles. The Morgan fingerprint density at radius 3 is 2.92 bits per heavy atom. The normalized spacial score (nSPS) is 50.2. The zero-order valence-electron chi connectivity index (χ0n) is 8.16. The van der Waals surface area contributed by atoms with Crippen molar-refractivity contribution in [2.75, 3.05) is 0 Å². The number of carbonyl (C=O) groups is 1. The van der Waals surface area contributed by atoms with Gasteiger partial charge in [-0.05, 0) is 32.1 Å². The third kappa shape index (κ3) is 1.40. The van der Waals surface area contributed by atoms with Gasteiger partial charge in [-0.2, -0.15) is 0 Å². The molecule has 0 aromatic rings. The molecule has 0 aromatic heterocycles. The molecular weight excluding hydrogens is 168 g/mol. The first-order valence-electron chi connectivity index (χ1n) is 4.96. The minimum Gasteiger partial charge on any atom is -0.300 e. The standard InChI is InChI=1S/C10H16O3/c1-7-3-4-8-5-9(7)12-13-10(8,2)6-11/h6-9H,3-5H2,1-2H3/t7-,8+,9+,10+/m1/s1. The van der Waals surface area contributed by atoms with Crippen LogP contribution in [-0.2, 0) is 14.6 Å². The fourth-order valence-corrected chi connectivity index (χ4v) is 2.28. The summed E-state index contributed by atoms with van der Waals surface area (Å²) >= 11 is 0. The molecule has 2 bridgehead atoms. The van der Waals surface area contributed by atoms with Crippen molar-refractivity contribution in [1.29, 1.82) is 0 Å². The Bertz CT molecular complexity index is 216. The first-order chi connectivity index (χ1) is 6.15. The van der Waals surface area contributed by atoms with Crippen LogP contribution in [0.25, 0.3) is 0 Å². The summed E-state index contributed by atoms with van der Waals surface area (Å²) in [6.07, 6.45) is 4.27. The number of hydrogen-bond acceptors (Lipinski definition) is 3. The molecule has 0 N–H and O–H groups in total. The highest BCUT2D eigenvalue weighted by molar-refractivity contribution is 5.62. The first kappa shape index (κ1) is 9.16. The van der Waals surface area contributed by atoms with Crippen LogP contribution in [0, 0.1) is 11.8 Å². The van der Waals surface area contributed by atoms with Crippen LogP contribution in [0.1, 0.15) is 33.1 Å². The van der Waals surface area contributed by atoms with E-state index in [2.05, 4.69) is 6.92 Å². The van der Waals surface area contributed by atoms with Crippen molar-refractivity contribution >= 4 is 6.29 Å². The van der Waals surface area contributed by atoms with Gasteiger partial charge < -0.3 is 4.79 Å². The van der Waals surface area contributed by atoms with Crippen molar-refractivity contribution in [2.45, 2.75) is 44.8 Å². The van der Waals surface area contributed by atoms with Gasteiger partial charge in [0.2, 0.25) is 0 Å². The minimum atomic E-state index is -0.698.